The number of carboxylic acid groups (broad SMARTS) is 1. The number of hydrogen-bond donors (Lipinski definition) is 2. The summed E-state index contributed by atoms with van der Waals surface area (Å²) < 4.78 is 0. The van der Waals surface area contributed by atoms with Crippen LogP contribution in [0.3, 0.4) is 0 Å². The number of aliphatic carboxylic acids is 1. The molecule has 1 aromatic carbocycles. The maximum Gasteiger partial charge on any atom is 0.341 e. The zero-order chi connectivity index (χ0) is 13.3. The molecule has 2 rings (SSSR count). The Hall–Kier alpha value is -2.43. The third-order valence-corrected chi connectivity index (χ3v) is 2.91. The largest absolute Gasteiger partial charge is 0.479 e. The van der Waals surface area contributed by atoms with Crippen LogP contribution in [0, 0.1) is 6.92 Å². The van der Waals surface area contributed by atoms with Gasteiger partial charge in [0.25, 0.3) is 5.91 Å². The van der Waals surface area contributed by atoms with E-state index in [1.165, 1.54) is 6.21 Å². The van der Waals surface area contributed by atoms with Gasteiger partial charge in [0.15, 0.2) is 0 Å². The van der Waals surface area contributed by atoms with E-state index in [0.717, 1.165) is 5.56 Å². The fourth-order valence-electron chi connectivity index (χ4n) is 1.70. The third kappa shape index (κ3) is 1.69. The summed E-state index contributed by atoms with van der Waals surface area (Å²) in [7, 11) is 0. The van der Waals surface area contributed by atoms with Crippen LogP contribution in [0.15, 0.2) is 41.5 Å². The molecule has 92 valence electrons. The molecule has 0 fully saturated rings. The van der Waals surface area contributed by atoms with Crippen LogP contribution in [0.4, 0.5) is 0 Å². The second-order valence-electron chi connectivity index (χ2n) is 4.09. The minimum atomic E-state index is -1.57. The molecule has 1 aliphatic rings. The number of aliphatic imine (C=N–C) groups is 1. The molecule has 18 heavy (non-hydrogen) atoms. The van der Waals surface area contributed by atoms with E-state index in [0.29, 0.717) is 5.56 Å². The van der Waals surface area contributed by atoms with Crippen molar-refractivity contribution in [1.82, 2.24) is 5.32 Å². The highest BCUT2D eigenvalue weighted by molar-refractivity contribution is 6.12. The predicted molar refractivity (Wildman–Crippen MR) is 66.6 cm³/mol. The summed E-state index contributed by atoms with van der Waals surface area (Å²) in [5, 5.41) is 11.6. The molecule has 1 heterocycles. The Labute approximate surface area is 104 Å². The lowest BCUT2D eigenvalue weighted by Gasteiger charge is -2.32. The molecular formula is C13H12N2O3. The van der Waals surface area contributed by atoms with Gasteiger partial charge in [-0.05, 0) is 18.6 Å². The number of carbonyl (C=O) groups is 2. The first-order valence-electron chi connectivity index (χ1n) is 5.33. The van der Waals surface area contributed by atoms with Crippen molar-refractivity contribution in [3.05, 3.63) is 47.7 Å². The molecule has 0 saturated heterocycles. The van der Waals surface area contributed by atoms with E-state index >= 15 is 0 Å². The van der Waals surface area contributed by atoms with E-state index in [9.17, 15) is 9.59 Å². The van der Waals surface area contributed by atoms with Crippen molar-refractivity contribution in [2.75, 3.05) is 0 Å². The molecular weight excluding hydrogens is 232 g/mol. The Balaban J connectivity index is 2.28. The fourth-order valence-corrected chi connectivity index (χ4v) is 1.70. The van der Waals surface area contributed by atoms with Crippen molar-refractivity contribution < 1.29 is 14.7 Å². The quantitative estimate of drug-likeness (QED) is 0.837. The van der Waals surface area contributed by atoms with Crippen LogP contribution in [0.25, 0.3) is 0 Å². The predicted octanol–water partition coefficient (Wildman–Crippen LogP) is 1.15. The van der Waals surface area contributed by atoms with Crippen molar-refractivity contribution in [2.24, 2.45) is 4.99 Å². The van der Waals surface area contributed by atoms with Gasteiger partial charge in [0, 0.05) is 11.8 Å². The first-order chi connectivity index (χ1) is 8.47. The second-order valence-corrected chi connectivity index (χ2v) is 4.09. The Morgan fingerprint density at radius 2 is 2.06 bits per heavy atom. The lowest BCUT2D eigenvalue weighted by Crippen LogP contribution is -2.60. The Kier molecular flexibility index (Phi) is 2.74. The highest BCUT2D eigenvalue weighted by Gasteiger charge is 2.47. The molecule has 0 radical (unpaired) electrons. The monoisotopic (exact) mass is 244 g/mol. The number of carbonyl (C=O) groups excluding carboxylic acids is 1. The van der Waals surface area contributed by atoms with E-state index in [-0.39, 0.29) is 5.70 Å². The molecule has 1 aromatic rings. The van der Waals surface area contributed by atoms with Crippen LogP contribution in [-0.4, -0.2) is 28.7 Å². The van der Waals surface area contributed by atoms with E-state index in [4.69, 9.17) is 5.11 Å². The standard InChI is InChI=1S/C13H12N2O3/c1-8-5-3-4-6-10(8)11(16)15-13(12(17)18)7-14-9(13)2/h3-7H,2H2,1H3,(H,15,16)(H,17,18). The van der Waals surface area contributed by atoms with Crippen LogP contribution in [0.5, 0.6) is 0 Å². The maximum atomic E-state index is 12.0. The molecule has 1 aliphatic heterocycles. The minimum Gasteiger partial charge on any atom is -0.479 e. The number of rotatable bonds is 3. The van der Waals surface area contributed by atoms with Crippen molar-refractivity contribution in [1.29, 1.82) is 0 Å². The molecule has 0 spiro atoms. The summed E-state index contributed by atoms with van der Waals surface area (Å²) in [6.07, 6.45) is 1.17. The van der Waals surface area contributed by atoms with Gasteiger partial charge >= 0.3 is 5.97 Å². The third-order valence-electron chi connectivity index (χ3n) is 2.91. The molecule has 0 aliphatic carbocycles. The molecule has 0 bridgehead atoms. The summed E-state index contributed by atoms with van der Waals surface area (Å²) in [4.78, 5) is 26.9. The first kappa shape index (κ1) is 12.0. The van der Waals surface area contributed by atoms with Crippen LogP contribution >= 0.6 is 0 Å². The van der Waals surface area contributed by atoms with E-state index in [2.05, 4.69) is 16.9 Å². The van der Waals surface area contributed by atoms with Gasteiger partial charge in [0.2, 0.25) is 5.54 Å². The SMILES string of the molecule is C=C1N=CC1(NC(=O)c1ccccc1C)C(=O)O. The van der Waals surface area contributed by atoms with Gasteiger partial charge in [-0.3, -0.25) is 9.79 Å². The molecule has 0 aromatic heterocycles. The summed E-state index contributed by atoms with van der Waals surface area (Å²) >= 11 is 0. The average molecular weight is 244 g/mol. The normalized spacial score (nSPS) is 21.3. The van der Waals surface area contributed by atoms with Crippen LogP contribution in [-0.2, 0) is 4.79 Å². The number of hydrogen-bond acceptors (Lipinski definition) is 3. The summed E-state index contributed by atoms with van der Waals surface area (Å²) in [6, 6.07) is 6.95. The van der Waals surface area contributed by atoms with Gasteiger partial charge in [-0.25, -0.2) is 4.79 Å². The minimum absolute atomic E-state index is 0.122. The fraction of sp³-hybridized carbons (Fsp3) is 0.154. The zero-order valence-corrected chi connectivity index (χ0v) is 9.80. The molecule has 5 nitrogen and oxygen atoms in total. The van der Waals surface area contributed by atoms with Gasteiger partial charge in [-0.15, -0.1) is 0 Å². The van der Waals surface area contributed by atoms with Crippen LogP contribution in [0.2, 0.25) is 0 Å². The van der Waals surface area contributed by atoms with Gasteiger partial charge in [0.1, 0.15) is 0 Å². The number of aryl methyl sites for hydroxylation is 1. The van der Waals surface area contributed by atoms with Crippen LogP contribution < -0.4 is 5.32 Å². The van der Waals surface area contributed by atoms with E-state index < -0.39 is 17.4 Å². The van der Waals surface area contributed by atoms with Crippen molar-refractivity contribution in [3.63, 3.8) is 0 Å². The van der Waals surface area contributed by atoms with Crippen molar-refractivity contribution in [3.8, 4) is 0 Å². The topological polar surface area (TPSA) is 78.8 Å². The Morgan fingerprint density at radius 3 is 2.50 bits per heavy atom. The molecule has 1 atom stereocenters. The van der Waals surface area contributed by atoms with Gasteiger partial charge < -0.3 is 10.4 Å². The van der Waals surface area contributed by atoms with E-state index in [1.807, 2.05) is 6.07 Å². The van der Waals surface area contributed by atoms with Crippen molar-refractivity contribution in [2.45, 2.75) is 12.5 Å². The molecule has 1 amide bonds. The smallest absolute Gasteiger partial charge is 0.341 e. The molecule has 0 saturated carbocycles. The summed E-state index contributed by atoms with van der Waals surface area (Å²) in [6.45, 7) is 5.29. The zero-order valence-electron chi connectivity index (χ0n) is 9.80. The van der Waals surface area contributed by atoms with Gasteiger partial charge in [0.05, 0.1) is 5.70 Å². The number of nitrogens with zero attached hydrogens (tertiary/aromatic N) is 1. The Morgan fingerprint density at radius 1 is 1.39 bits per heavy atom. The van der Waals surface area contributed by atoms with Crippen LogP contribution in [0.1, 0.15) is 15.9 Å². The second kappa shape index (κ2) is 4.10. The summed E-state index contributed by atoms with van der Waals surface area (Å²) in [5.41, 5.74) is -0.236. The maximum absolute atomic E-state index is 12.0. The number of nitrogens with one attached hydrogen (secondary N) is 1. The molecule has 5 heteroatoms. The lowest BCUT2D eigenvalue weighted by molar-refractivity contribution is -0.140. The van der Waals surface area contributed by atoms with Gasteiger partial charge in [-0.2, -0.15) is 0 Å². The van der Waals surface area contributed by atoms with Crippen molar-refractivity contribution >= 4 is 18.1 Å². The van der Waals surface area contributed by atoms with Gasteiger partial charge in [-0.1, -0.05) is 24.8 Å². The number of amides is 1. The lowest BCUT2D eigenvalue weighted by atomic mass is 9.91. The number of benzene rings is 1. The number of carboxylic acids is 1. The van der Waals surface area contributed by atoms with E-state index in [1.54, 1.807) is 25.1 Å². The average Bonchev–Trinajstić information content (AvgIpc) is 2.33. The highest BCUT2D eigenvalue weighted by Crippen LogP contribution is 2.24. The Bertz CT molecular complexity index is 577. The highest BCUT2D eigenvalue weighted by atomic mass is 16.4. The molecule has 2 N–H and O–H groups in total. The first-order valence-corrected chi connectivity index (χ1v) is 5.33. The molecule has 1 unspecified atom stereocenters. The summed E-state index contributed by atoms with van der Waals surface area (Å²) in [5.74, 6) is -1.65.